The predicted molar refractivity (Wildman–Crippen MR) is 111 cm³/mol. The van der Waals surface area contributed by atoms with E-state index in [1.807, 2.05) is 13.0 Å². The molecule has 0 heterocycles. The highest BCUT2D eigenvalue weighted by atomic mass is 127. The average Bonchev–Trinajstić information content (AvgIpc) is 2.55. The van der Waals surface area contributed by atoms with Crippen LogP contribution in [0.2, 0.25) is 0 Å². The molecule has 144 valence electrons. The third kappa shape index (κ3) is 10.5. The molecule has 0 atom stereocenters. The fourth-order valence-corrected chi connectivity index (χ4v) is 2.02. The van der Waals surface area contributed by atoms with Crippen molar-refractivity contribution in [3.63, 3.8) is 0 Å². The number of rotatable bonds is 10. The van der Waals surface area contributed by atoms with Crippen LogP contribution in [0.1, 0.15) is 32.8 Å². The van der Waals surface area contributed by atoms with Crippen LogP contribution in [0.3, 0.4) is 0 Å². The van der Waals surface area contributed by atoms with Gasteiger partial charge in [0.2, 0.25) is 0 Å². The van der Waals surface area contributed by atoms with Crippen LogP contribution >= 0.6 is 24.0 Å². The lowest BCUT2D eigenvalue weighted by Crippen LogP contribution is -2.38. The summed E-state index contributed by atoms with van der Waals surface area (Å²) in [7, 11) is 1.45. The van der Waals surface area contributed by atoms with Crippen molar-refractivity contribution in [2.75, 3.05) is 33.4 Å². The predicted octanol–water partition coefficient (Wildman–Crippen LogP) is 3.57. The Morgan fingerprint density at radius 2 is 2.04 bits per heavy atom. The summed E-state index contributed by atoms with van der Waals surface area (Å²) in [4.78, 5) is 4.47. The first-order valence-corrected chi connectivity index (χ1v) is 8.49. The van der Waals surface area contributed by atoms with Crippen LogP contribution in [0.15, 0.2) is 23.2 Å². The molecule has 0 radical (unpaired) electrons. The zero-order valence-corrected chi connectivity index (χ0v) is 17.9. The van der Waals surface area contributed by atoms with Crippen molar-refractivity contribution in [2.45, 2.75) is 33.7 Å². The second-order valence-electron chi connectivity index (χ2n) is 5.91. The summed E-state index contributed by atoms with van der Waals surface area (Å²) in [6.45, 7) is 9.75. The Bertz CT molecular complexity index is 513. The van der Waals surface area contributed by atoms with Gasteiger partial charge in [0.25, 0.3) is 0 Å². The number of nitrogens with zero attached hydrogens (tertiary/aromatic N) is 1. The first-order chi connectivity index (χ1) is 11.6. The van der Waals surface area contributed by atoms with Crippen molar-refractivity contribution >= 4 is 29.9 Å². The Morgan fingerprint density at radius 1 is 1.28 bits per heavy atom. The minimum absolute atomic E-state index is 0. The summed E-state index contributed by atoms with van der Waals surface area (Å²) in [5, 5.41) is 6.44. The first-order valence-electron chi connectivity index (χ1n) is 8.49. The molecule has 0 aromatic heterocycles. The van der Waals surface area contributed by atoms with Crippen LogP contribution in [0, 0.1) is 11.7 Å². The number of benzene rings is 1. The van der Waals surface area contributed by atoms with Crippen LogP contribution < -0.4 is 15.4 Å². The van der Waals surface area contributed by atoms with E-state index in [0.717, 1.165) is 44.2 Å². The van der Waals surface area contributed by atoms with Gasteiger partial charge in [-0.25, -0.2) is 9.38 Å². The highest BCUT2D eigenvalue weighted by molar-refractivity contribution is 14.0. The highest BCUT2D eigenvalue weighted by Crippen LogP contribution is 2.17. The lowest BCUT2D eigenvalue weighted by molar-refractivity contribution is 0.108. The van der Waals surface area contributed by atoms with Gasteiger partial charge in [0.15, 0.2) is 17.5 Å². The Kier molecular flexibility index (Phi) is 13.5. The molecule has 2 N–H and O–H groups in total. The number of methoxy groups -OCH3 is 1. The van der Waals surface area contributed by atoms with Gasteiger partial charge in [0.1, 0.15) is 0 Å². The molecule has 0 aliphatic carbocycles. The summed E-state index contributed by atoms with van der Waals surface area (Å²) in [6.07, 6.45) is 0.911. The molecule has 1 rings (SSSR count). The van der Waals surface area contributed by atoms with Crippen molar-refractivity contribution in [3.8, 4) is 5.75 Å². The Morgan fingerprint density at radius 3 is 2.64 bits per heavy atom. The van der Waals surface area contributed by atoms with Crippen molar-refractivity contribution in [1.29, 1.82) is 0 Å². The number of hydrogen-bond acceptors (Lipinski definition) is 3. The summed E-state index contributed by atoms with van der Waals surface area (Å²) in [5.41, 5.74) is 0.797. The molecule has 1 aromatic rings. The van der Waals surface area contributed by atoms with E-state index in [9.17, 15) is 4.39 Å². The molecule has 1 aromatic carbocycles. The van der Waals surface area contributed by atoms with E-state index >= 15 is 0 Å². The van der Waals surface area contributed by atoms with E-state index in [1.54, 1.807) is 6.07 Å². The van der Waals surface area contributed by atoms with Gasteiger partial charge >= 0.3 is 0 Å². The van der Waals surface area contributed by atoms with E-state index in [4.69, 9.17) is 9.47 Å². The number of aliphatic imine (C=N–C) groups is 1. The number of hydrogen-bond donors (Lipinski definition) is 2. The van der Waals surface area contributed by atoms with Gasteiger partial charge in [-0.3, -0.25) is 0 Å². The number of ether oxygens (including phenoxy) is 2. The maximum absolute atomic E-state index is 13.7. The van der Waals surface area contributed by atoms with Crippen LogP contribution in [-0.2, 0) is 11.3 Å². The van der Waals surface area contributed by atoms with Crippen LogP contribution in [0.4, 0.5) is 4.39 Å². The van der Waals surface area contributed by atoms with Crippen molar-refractivity contribution < 1.29 is 13.9 Å². The average molecular weight is 467 g/mol. The van der Waals surface area contributed by atoms with Crippen LogP contribution in [0.25, 0.3) is 0 Å². The van der Waals surface area contributed by atoms with Gasteiger partial charge in [-0.15, -0.1) is 24.0 Å². The van der Waals surface area contributed by atoms with E-state index in [-0.39, 0.29) is 35.5 Å². The summed E-state index contributed by atoms with van der Waals surface area (Å²) >= 11 is 0. The minimum atomic E-state index is -0.370. The lowest BCUT2D eigenvalue weighted by atomic mass is 10.2. The first kappa shape index (κ1) is 23.9. The smallest absolute Gasteiger partial charge is 0.191 e. The third-order valence-electron chi connectivity index (χ3n) is 3.19. The molecule has 0 unspecified atom stereocenters. The molecule has 0 aliphatic rings. The largest absolute Gasteiger partial charge is 0.494 e. The maximum Gasteiger partial charge on any atom is 0.191 e. The summed E-state index contributed by atoms with van der Waals surface area (Å²) < 4.78 is 24.1. The van der Waals surface area contributed by atoms with Crippen molar-refractivity contribution in [1.82, 2.24) is 10.6 Å². The Hall–Kier alpha value is -1.09. The van der Waals surface area contributed by atoms with E-state index in [0.29, 0.717) is 12.5 Å². The number of nitrogens with one attached hydrogen (secondary N) is 2. The van der Waals surface area contributed by atoms with Gasteiger partial charge in [-0.1, -0.05) is 19.9 Å². The van der Waals surface area contributed by atoms with Gasteiger partial charge in [-0.05, 0) is 37.0 Å². The fraction of sp³-hybridized carbons (Fsp3) is 0.611. The number of guanidine groups is 1. The Labute approximate surface area is 167 Å². The molecule has 25 heavy (non-hydrogen) atoms. The maximum atomic E-state index is 13.7. The zero-order valence-electron chi connectivity index (χ0n) is 15.6. The molecule has 7 heteroatoms. The monoisotopic (exact) mass is 467 g/mol. The van der Waals surface area contributed by atoms with Gasteiger partial charge < -0.3 is 20.1 Å². The third-order valence-corrected chi connectivity index (χ3v) is 3.19. The Balaban J connectivity index is 0.00000576. The quantitative estimate of drug-likeness (QED) is 0.239. The van der Waals surface area contributed by atoms with Gasteiger partial charge in [-0.2, -0.15) is 0 Å². The normalized spacial score (nSPS) is 11.2. The molecule has 0 amide bonds. The molecule has 0 bridgehead atoms. The fourth-order valence-electron chi connectivity index (χ4n) is 2.02. The van der Waals surface area contributed by atoms with Crippen LogP contribution in [0.5, 0.6) is 5.75 Å². The van der Waals surface area contributed by atoms with Gasteiger partial charge in [0, 0.05) is 26.3 Å². The van der Waals surface area contributed by atoms with Gasteiger partial charge in [0.05, 0.1) is 13.7 Å². The van der Waals surface area contributed by atoms with Crippen LogP contribution in [-0.4, -0.2) is 39.4 Å². The molecular formula is C18H31FIN3O2. The second-order valence-corrected chi connectivity index (χ2v) is 5.91. The second kappa shape index (κ2) is 14.1. The van der Waals surface area contributed by atoms with E-state index in [2.05, 4.69) is 29.5 Å². The molecule has 0 fully saturated rings. The SMILES string of the molecule is CCNC(=NCc1ccc(OC)c(F)c1)NCCCOCC(C)C.I. The molecule has 0 aliphatic heterocycles. The lowest BCUT2D eigenvalue weighted by Gasteiger charge is -2.12. The standard InChI is InChI=1S/C18H30FN3O2.HI/c1-5-20-18(21-9-6-10-24-13-14(2)3)22-12-15-7-8-17(23-4)16(19)11-15;/h7-8,11,14H,5-6,9-10,12-13H2,1-4H3,(H2,20,21,22);1H. The van der Waals surface area contributed by atoms with E-state index < -0.39 is 0 Å². The summed E-state index contributed by atoms with van der Waals surface area (Å²) in [6, 6.07) is 4.88. The zero-order chi connectivity index (χ0) is 17.8. The molecule has 5 nitrogen and oxygen atoms in total. The minimum Gasteiger partial charge on any atom is -0.494 e. The van der Waals surface area contributed by atoms with E-state index in [1.165, 1.54) is 13.2 Å². The van der Waals surface area contributed by atoms with Crippen molar-refractivity contribution in [3.05, 3.63) is 29.6 Å². The highest BCUT2D eigenvalue weighted by Gasteiger charge is 2.04. The molecule has 0 saturated heterocycles. The molecule has 0 spiro atoms. The topological polar surface area (TPSA) is 54.9 Å². The van der Waals surface area contributed by atoms with Crippen molar-refractivity contribution in [2.24, 2.45) is 10.9 Å². The number of halogens is 2. The molecular weight excluding hydrogens is 436 g/mol. The summed E-state index contributed by atoms with van der Waals surface area (Å²) in [5.74, 6) is 1.15. The molecule has 0 saturated carbocycles.